The van der Waals surface area contributed by atoms with E-state index in [1.165, 1.54) is 0 Å². The van der Waals surface area contributed by atoms with Crippen molar-refractivity contribution in [1.82, 2.24) is 10.5 Å². The molecule has 0 aliphatic carbocycles. The van der Waals surface area contributed by atoms with Gasteiger partial charge in [0.25, 0.3) is 5.91 Å². The van der Waals surface area contributed by atoms with Gasteiger partial charge in [0, 0.05) is 18.0 Å². The normalized spacial score (nSPS) is 11.2. The highest BCUT2D eigenvalue weighted by Gasteiger charge is 2.25. The summed E-state index contributed by atoms with van der Waals surface area (Å²) in [6.07, 6.45) is 0.496. The second-order valence-corrected chi connectivity index (χ2v) is 4.44. The molecule has 6 nitrogen and oxygen atoms in total. The minimum absolute atomic E-state index is 0.156. The van der Waals surface area contributed by atoms with Crippen LogP contribution in [0.3, 0.4) is 0 Å². The Labute approximate surface area is 99.0 Å². The molecule has 0 saturated heterocycles. The van der Waals surface area contributed by atoms with Crippen LogP contribution in [0, 0.1) is 0 Å². The number of aromatic nitrogens is 1. The molecule has 1 aromatic heterocycles. The van der Waals surface area contributed by atoms with Gasteiger partial charge in [0.1, 0.15) is 5.76 Å². The smallest absolute Gasteiger partial charge is 0.305 e. The van der Waals surface area contributed by atoms with Crippen LogP contribution in [0.4, 0.5) is 0 Å². The molecule has 1 rings (SSSR count). The molecule has 94 valence electrons. The summed E-state index contributed by atoms with van der Waals surface area (Å²) in [5.41, 5.74) is -0.658. The van der Waals surface area contributed by atoms with E-state index in [1.54, 1.807) is 19.9 Å². The van der Waals surface area contributed by atoms with Gasteiger partial charge in [-0.3, -0.25) is 9.59 Å². The van der Waals surface area contributed by atoms with E-state index in [2.05, 4.69) is 10.5 Å². The molecule has 0 aliphatic heterocycles. The van der Waals surface area contributed by atoms with Crippen molar-refractivity contribution in [3.8, 4) is 0 Å². The van der Waals surface area contributed by atoms with Crippen LogP contribution < -0.4 is 5.32 Å². The van der Waals surface area contributed by atoms with Crippen molar-refractivity contribution >= 4 is 11.9 Å². The van der Waals surface area contributed by atoms with Crippen molar-refractivity contribution in [2.45, 2.75) is 39.2 Å². The molecule has 2 N–H and O–H groups in total. The zero-order valence-electron chi connectivity index (χ0n) is 10.1. The van der Waals surface area contributed by atoms with Gasteiger partial charge in [-0.25, -0.2) is 0 Å². The minimum atomic E-state index is -0.968. The summed E-state index contributed by atoms with van der Waals surface area (Å²) in [6, 6.07) is 1.55. The molecule has 0 atom stereocenters. The van der Waals surface area contributed by atoms with Crippen LogP contribution in [0.15, 0.2) is 10.6 Å². The first-order valence-electron chi connectivity index (χ1n) is 5.34. The van der Waals surface area contributed by atoms with Gasteiger partial charge >= 0.3 is 5.97 Å². The zero-order valence-corrected chi connectivity index (χ0v) is 10.1. The summed E-state index contributed by atoms with van der Waals surface area (Å²) < 4.78 is 4.90. The lowest BCUT2D eigenvalue weighted by Gasteiger charge is -2.23. The zero-order chi connectivity index (χ0) is 13.1. The fraction of sp³-hybridized carbons (Fsp3) is 0.545. The summed E-state index contributed by atoms with van der Waals surface area (Å²) >= 11 is 0. The van der Waals surface area contributed by atoms with Crippen molar-refractivity contribution in [2.75, 3.05) is 0 Å². The Morgan fingerprint density at radius 3 is 2.65 bits per heavy atom. The van der Waals surface area contributed by atoms with E-state index in [0.717, 1.165) is 0 Å². The SMILES string of the molecule is CCc1cc(C(=O)NC(C)(C)CC(=O)O)no1. The van der Waals surface area contributed by atoms with Gasteiger partial charge in [0.05, 0.1) is 6.42 Å². The van der Waals surface area contributed by atoms with Crippen LogP contribution >= 0.6 is 0 Å². The molecule has 0 spiro atoms. The summed E-state index contributed by atoms with van der Waals surface area (Å²) in [4.78, 5) is 22.3. The summed E-state index contributed by atoms with van der Waals surface area (Å²) in [6.45, 7) is 5.16. The fourth-order valence-electron chi connectivity index (χ4n) is 1.38. The number of aliphatic carboxylic acids is 1. The highest BCUT2D eigenvalue weighted by Crippen LogP contribution is 2.11. The third kappa shape index (κ3) is 3.90. The topological polar surface area (TPSA) is 92.4 Å². The van der Waals surface area contributed by atoms with E-state index < -0.39 is 17.4 Å². The van der Waals surface area contributed by atoms with E-state index in [9.17, 15) is 9.59 Å². The summed E-state index contributed by atoms with van der Waals surface area (Å²) in [5, 5.41) is 14.9. The van der Waals surface area contributed by atoms with Crippen LogP contribution in [-0.2, 0) is 11.2 Å². The Balaban J connectivity index is 2.68. The molecule has 0 unspecified atom stereocenters. The second-order valence-electron chi connectivity index (χ2n) is 4.44. The van der Waals surface area contributed by atoms with Crippen LogP contribution in [-0.4, -0.2) is 27.7 Å². The quantitative estimate of drug-likeness (QED) is 0.807. The Morgan fingerprint density at radius 1 is 1.53 bits per heavy atom. The van der Waals surface area contributed by atoms with Crippen LogP contribution in [0.1, 0.15) is 43.4 Å². The number of rotatable bonds is 5. The van der Waals surface area contributed by atoms with Crippen LogP contribution in [0.5, 0.6) is 0 Å². The third-order valence-corrected chi connectivity index (χ3v) is 2.19. The minimum Gasteiger partial charge on any atom is -0.481 e. The number of nitrogens with one attached hydrogen (secondary N) is 1. The second kappa shape index (κ2) is 4.99. The van der Waals surface area contributed by atoms with Crippen LogP contribution in [0.25, 0.3) is 0 Å². The largest absolute Gasteiger partial charge is 0.481 e. The van der Waals surface area contributed by atoms with Crippen molar-refractivity contribution in [3.63, 3.8) is 0 Å². The molecule has 1 heterocycles. The molecule has 0 fully saturated rings. The van der Waals surface area contributed by atoms with Crippen molar-refractivity contribution in [2.24, 2.45) is 0 Å². The number of carboxylic acid groups (broad SMARTS) is 1. The van der Waals surface area contributed by atoms with Gasteiger partial charge in [-0.2, -0.15) is 0 Å². The maximum Gasteiger partial charge on any atom is 0.305 e. The van der Waals surface area contributed by atoms with E-state index >= 15 is 0 Å². The van der Waals surface area contributed by atoms with Gasteiger partial charge in [-0.15, -0.1) is 0 Å². The van der Waals surface area contributed by atoms with Gasteiger partial charge < -0.3 is 14.9 Å². The van der Waals surface area contributed by atoms with Gasteiger partial charge in [0.2, 0.25) is 0 Å². The maximum atomic E-state index is 11.7. The monoisotopic (exact) mass is 240 g/mol. The van der Waals surface area contributed by atoms with Gasteiger partial charge in [0.15, 0.2) is 5.69 Å². The molecule has 0 radical (unpaired) electrons. The summed E-state index contributed by atoms with van der Waals surface area (Å²) in [5.74, 6) is -0.782. The predicted octanol–water partition coefficient (Wildman–Crippen LogP) is 1.22. The number of carbonyl (C=O) groups excluding carboxylic acids is 1. The van der Waals surface area contributed by atoms with Crippen molar-refractivity contribution in [3.05, 3.63) is 17.5 Å². The van der Waals surface area contributed by atoms with E-state index in [-0.39, 0.29) is 12.1 Å². The number of nitrogens with zero attached hydrogens (tertiary/aromatic N) is 1. The molecule has 1 aromatic rings. The average Bonchev–Trinajstić information content (AvgIpc) is 2.62. The Hall–Kier alpha value is -1.85. The molecule has 0 aliphatic rings. The molecule has 0 bridgehead atoms. The number of carboxylic acids is 1. The first-order valence-corrected chi connectivity index (χ1v) is 5.34. The van der Waals surface area contributed by atoms with E-state index in [1.807, 2.05) is 6.92 Å². The molecule has 17 heavy (non-hydrogen) atoms. The summed E-state index contributed by atoms with van der Waals surface area (Å²) in [7, 11) is 0. The predicted molar refractivity (Wildman–Crippen MR) is 59.7 cm³/mol. The lowest BCUT2D eigenvalue weighted by molar-refractivity contribution is -0.138. The maximum absolute atomic E-state index is 11.7. The number of aryl methyl sites for hydroxylation is 1. The first-order chi connectivity index (χ1) is 7.84. The van der Waals surface area contributed by atoms with Gasteiger partial charge in [-0.05, 0) is 13.8 Å². The van der Waals surface area contributed by atoms with E-state index in [4.69, 9.17) is 9.63 Å². The van der Waals surface area contributed by atoms with Gasteiger partial charge in [-0.1, -0.05) is 12.1 Å². The number of carbonyl (C=O) groups is 2. The fourth-order valence-corrected chi connectivity index (χ4v) is 1.38. The van der Waals surface area contributed by atoms with Crippen LogP contribution in [0.2, 0.25) is 0 Å². The van der Waals surface area contributed by atoms with Crippen molar-refractivity contribution in [1.29, 1.82) is 0 Å². The molecule has 0 saturated carbocycles. The number of hydrogen-bond donors (Lipinski definition) is 2. The number of amides is 1. The standard InChI is InChI=1S/C11H16N2O4/c1-4-7-5-8(13-17-7)10(16)12-11(2,3)6-9(14)15/h5H,4,6H2,1-3H3,(H,12,16)(H,14,15). The first kappa shape index (κ1) is 13.2. The highest BCUT2D eigenvalue weighted by atomic mass is 16.5. The van der Waals surface area contributed by atoms with Crippen molar-refractivity contribution < 1.29 is 19.2 Å². The molecule has 6 heteroatoms. The third-order valence-electron chi connectivity index (χ3n) is 2.19. The highest BCUT2D eigenvalue weighted by molar-refractivity contribution is 5.93. The lowest BCUT2D eigenvalue weighted by Crippen LogP contribution is -2.45. The lowest BCUT2D eigenvalue weighted by atomic mass is 10.0. The average molecular weight is 240 g/mol. The van der Waals surface area contributed by atoms with E-state index in [0.29, 0.717) is 12.2 Å². The molecular weight excluding hydrogens is 224 g/mol. The number of hydrogen-bond acceptors (Lipinski definition) is 4. The Morgan fingerprint density at radius 2 is 2.18 bits per heavy atom. The molecule has 1 amide bonds. The molecular formula is C11H16N2O4. The molecule has 0 aromatic carbocycles. The Kier molecular flexibility index (Phi) is 3.88. The Bertz CT molecular complexity index is 423.